The number of nitrogen functional groups attached to an aromatic ring is 1. The van der Waals surface area contributed by atoms with Crippen LogP contribution in [0, 0.1) is 6.92 Å². The largest absolute Gasteiger partial charge is 0.435 e. The first-order valence-corrected chi connectivity index (χ1v) is 6.81. The Bertz CT molecular complexity index is 735. The molecule has 0 unspecified atom stereocenters. The van der Waals surface area contributed by atoms with E-state index in [4.69, 9.17) is 5.73 Å². The van der Waals surface area contributed by atoms with Crippen molar-refractivity contribution in [2.75, 3.05) is 19.8 Å². The van der Waals surface area contributed by atoms with Crippen LogP contribution in [0.4, 0.5) is 18.9 Å². The molecule has 0 aliphatic heterocycles. The van der Waals surface area contributed by atoms with Crippen molar-refractivity contribution < 1.29 is 18.0 Å². The molecule has 0 bridgehead atoms. The predicted octanol–water partition coefficient (Wildman–Crippen LogP) is 2.54. The maximum absolute atomic E-state index is 13.1. The molecule has 0 radical (unpaired) electrons. The predicted molar refractivity (Wildman–Crippen MR) is 79.9 cm³/mol. The monoisotopic (exact) mass is 326 g/mol. The molecular weight excluding hydrogens is 309 g/mol. The van der Waals surface area contributed by atoms with Crippen LogP contribution < -0.4 is 5.73 Å². The molecule has 0 saturated heterocycles. The highest BCUT2D eigenvalue weighted by Gasteiger charge is 2.39. The van der Waals surface area contributed by atoms with Crippen molar-refractivity contribution in [2.45, 2.75) is 19.6 Å². The Morgan fingerprint density at radius 1 is 1.35 bits per heavy atom. The van der Waals surface area contributed by atoms with E-state index >= 15 is 0 Å². The number of alkyl halides is 3. The molecule has 1 amide bonds. The number of amides is 1. The highest BCUT2D eigenvalue weighted by atomic mass is 19.4. The lowest BCUT2D eigenvalue weighted by atomic mass is 10.1. The minimum absolute atomic E-state index is 0.116. The van der Waals surface area contributed by atoms with Crippen molar-refractivity contribution in [3.63, 3.8) is 0 Å². The van der Waals surface area contributed by atoms with E-state index in [9.17, 15) is 18.0 Å². The van der Waals surface area contributed by atoms with E-state index in [-0.39, 0.29) is 6.54 Å². The first-order chi connectivity index (χ1) is 10.6. The third-order valence-electron chi connectivity index (χ3n) is 3.35. The van der Waals surface area contributed by atoms with Gasteiger partial charge in [0.15, 0.2) is 5.69 Å². The number of nitrogens with two attached hydrogens (primary N) is 1. The van der Waals surface area contributed by atoms with Crippen LogP contribution in [-0.2, 0) is 12.7 Å². The number of carbonyl (C=O) groups is 1. The molecule has 2 N–H and O–H groups in total. The topological polar surface area (TPSA) is 64.2 Å². The third-order valence-corrected chi connectivity index (χ3v) is 3.35. The van der Waals surface area contributed by atoms with E-state index < -0.39 is 23.3 Å². The summed E-state index contributed by atoms with van der Waals surface area (Å²) in [6.45, 7) is 1.93. The van der Waals surface area contributed by atoms with Gasteiger partial charge >= 0.3 is 6.18 Å². The summed E-state index contributed by atoms with van der Waals surface area (Å²) in [5.41, 5.74) is 6.26. The van der Waals surface area contributed by atoms with Gasteiger partial charge in [-0.2, -0.15) is 18.3 Å². The second kappa shape index (κ2) is 5.94. The zero-order valence-corrected chi connectivity index (χ0v) is 13.0. The highest BCUT2D eigenvalue weighted by molar-refractivity contribution is 5.95. The van der Waals surface area contributed by atoms with Gasteiger partial charge in [0.25, 0.3) is 5.91 Å². The summed E-state index contributed by atoms with van der Waals surface area (Å²) in [5.74, 6) is -0.739. The van der Waals surface area contributed by atoms with E-state index in [1.54, 1.807) is 18.2 Å². The molecule has 0 saturated carbocycles. The van der Waals surface area contributed by atoms with E-state index in [0.717, 1.165) is 26.9 Å². The van der Waals surface area contributed by atoms with Gasteiger partial charge in [0.1, 0.15) is 0 Å². The van der Waals surface area contributed by atoms with Crippen LogP contribution in [0.1, 0.15) is 27.2 Å². The smallest absolute Gasteiger partial charge is 0.399 e. The van der Waals surface area contributed by atoms with Crippen LogP contribution in [0.25, 0.3) is 0 Å². The fourth-order valence-corrected chi connectivity index (χ4v) is 2.13. The van der Waals surface area contributed by atoms with Crippen molar-refractivity contribution in [2.24, 2.45) is 0 Å². The van der Waals surface area contributed by atoms with Crippen molar-refractivity contribution in [3.05, 3.63) is 46.8 Å². The Balaban J connectivity index is 2.40. The Hall–Kier alpha value is -2.51. The van der Waals surface area contributed by atoms with Crippen molar-refractivity contribution >= 4 is 11.6 Å². The molecule has 124 valence electrons. The number of hydrogen-bond donors (Lipinski definition) is 1. The van der Waals surface area contributed by atoms with Crippen LogP contribution in [0.5, 0.6) is 0 Å². The number of benzene rings is 1. The lowest BCUT2D eigenvalue weighted by molar-refractivity contribution is -0.141. The first kappa shape index (κ1) is 16.9. The summed E-state index contributed by atoms with van der Waals surface area (Å²) in [4.78, 5) is 13.0. The fourth-order valence-electron chi connectivity index (χ4n) is 2.13. The second-order valence-corrected chi connectivity index (χ2v) is 5.48. The molecule has 1 heterocycles. The van der Waals surface area contributed by atoms with Gasteiger partial charge in [-0.15, -0.1) is 0 Å². The Morgan fingerprint density at radius 2 is 2.00 bits per heavy atom. The van der Waals surface area contributed by atoms with Gasteiger partial charge in [-0.3, -0.25) is 9.48 Å². The summed E-state index contributed by atoms with van der Waals surface area (Å²) in [6.07, 6.45) is -3.57. The minimum Gasteiger partial charge on any atom is -0.399 e. The molecule has 0 fully saturated rings. The average Bonchev–Trinajstić information content (AvgIpc) is 2.86. The zero-order chi connectivity index (χ0) is 17.4. The maximum Gasteiger partial charge on any atom is 0.435 e. The Labute approximate surface area is 131 Å². The minimum atomic E-state index is -4.69. The highest BCUT2D eigenvalue weighted by Crippen LogP contribution is 2.31. The standard InChI is InChI=1S/C15H17F3N4O/c1-9-6-10(4-5-12(9)19)7-22-8-11(14(23)21(2)3)13(20-22)15(16,17)18/h4-6,8H,7,19H2,1-3H3. The van der Waals surface area contributed by atoms with Crippen LogP contribution in [-0.4, -0.2) is 34.7 Å². The molecular formula is C15H17F3N4O. The number of rotatable bonds is 3. The summed E-state index contributed by atoms with van der Waals surface area (Å²) in [7, 11) is 2.78. The van der Waals surface area contributed by atoms with E-state index in [1.807, 2.05) is 6.92 Å². The normalized spacial score (nSPS) is 11.6. The number of aromatic nitrogens is 2. The summed E-state index contributed by atoms with van der Waals surface area (Å²) in [6, 6.07) is 5.17. The molecule has 1 aromatic carbocycles. The maximum atomic E-state index is 13.1. The van der Waals surface area contributed by atoms with Gasteiger partial charge in [0.05, 0.1) is 12.1 Å². The number of halogens is 3. The first-order valence-electron chi connectivity index (χ1n) is 6.81. The van der Waals surface area contributed by atoms with Gasteiger partial charge in [-0.25, -0.2) is 0 Å². The van der Waals surface area contributed by atoms with E-state index in [0.29, 0.717) is 5.69 Å². The number of hydrogen-bond acceptors (Lipinski definition) is 3. The number of nitrogens with zero attached hydrogens (tertiary/aromatic N) is 3. The SMILES string of the molecule is Cc1cc(Cn2cc(C(=O)N(C)C)c(C(F)(F)F)n2)ccc1N. The lowest BCUT2D eigenvalue weighted by Crippen LogP contribution is -2.24. The second-order valence-electron chi connectivity index (χ2n) is 5.48. The van der Waals surface area contributed by atoms with Gasteiger partial charge in [0.2, 0.25) is 0 Å². The third kappa shape index (κ3) is 3.64. The molecule has 2 aromatic rings. The molecule has 1 aromatic heterocycles. The molecule has 0 atom stereocenters. The van der Waals surface area contributed by atoms with Crippen LogP contribution in [0.3, 0.4) is 0 Å². The average molecular weight is 326 g/mol. The number of aryl methyl sites for hydroxylation is 1. The van der Waals surface area contributed by atoms with Gasteiger partial charge in [-0.05, 0) is 24.1 Å². The molecule has 0 spiro atoms. The van der Waals surface area contributed by atoms with Gasteiger partial charge in [0, 0.05) is 26.0 Å². The number of anilines is 1. The molecule has 5 nitrogen and oxygen atoms in total. The Morgan fingerprint density at radius 3 is 2.52 bits per heavy atom. The lowest BCUT2D eigenvalue weighted by Gasteiger charge is -2.10. The van der Waals surface area contributed by atoms with Gasteiger partial charge < -0.3 is 10.6 Å². The number of carbonyl (C=O) groups excluding carboxylic acids is 1. The molecule has 0 aliphatic rings. The molecule has 0 aliphatic carbocycles. The summed E-state index contributed by atoms with van der Waals surface area (Å²) < 4.78 is 40.4. The molecule has 23 heavy (non-hydrogen) atoms. The van der Waals surface area contributed by atoms with Crippen molar-refractivity contribution in [3.8, 4) is 0 Å². The van der Waals surface area contributed by atoms with Crippen LogP contribution in [0.2, 0.25) is 0 Å². The van der Waals surface area contributed by atoms with Gasteiger partial charge in [-0.1, -0.05) is 12.1 Å². The zero-order valence-electron chi connectivity index (χ0n) is 13.0. The summed E-state index contributed by atoms with van der Waals surface area (Å²) >= 11 is 0. The van der Waals surface area contributed by atoms with E-state index in [1.165, 1.54) is 14.1 Å². The van der Waals surface area contributed by atoms with Crippen molar-refractivity contribution in [1.82, 2.24) is 14.7 Å². The van der Waals surface area contributed by atoms with E-state index in [2.05, 4.69) is 5.10 Å². The molecule has 8 heteroatoms. The van der Waals surface area contributed by atoms with Crippen LogP contribution in [0.15, 0.2) is 24.4 Å². The van der Waals surface area contributed by atoms with Crippen LogP contribution >= 0.6 is 0 Å². The summed E-state index contributed by atoms with van der Waals surface area (Å²) in [5, 5.41) is 3.55. The Kier molecular flexibility index (Phi) is 4.35. The quantitative estimate of drug-likeness (QED) is 0.882. The molecule has 2 rings (SSSR count). The fraction of sp³-hybridized carbons (Fsp3) is 0.333. The van der Waals surface area contributed by atoms with Crippen molar-refractivity contribution in [1.29, 1.82) is 0 Å².